The lowest BCUT2D eigenvalue weighted by atomic mass is 9.99. The fourth-order valence-corrected chi connectivity index (χ4v) is 2.14. The van der Waals surface area contributed by atoms with Crippen LogP contribution in [0.1, 0.15) is 5.56 Å². The molecule has 1 aromatic carbocycles. The first kappa shape index (κ1) is 17.4. The number of aliphatic carboxylic acids is 1. The fourth-order valence-electron chi connectivity index (χ4n) is 2.14. The van der Waals surface area contributed by atoms with E-state index in [4.69, 9.17) is 14.6 Å². The average molecular weight is 326 g/mol. The van der Waals surface area contributed by atoms with Crippen LogP contribution in [0.4, 0.5) is 0 Å². The average Bonchev–Trinajstić information content (AvgIpc) is 2.55. The van der Waals surface area contributed by atoms with Gasteiger partial charge < -0.3 is 35.0 Å². The van der Waals surface area contributed by atoms with Crippen LogP contribution in [-0.4, -0.2) is 68.8 Å². The summed E-state index contributed by atoms with van der Waals surface area (Å²) in [6.45, 7) is -0.629. The fraction of sp³-hybridized carbons (Fsp3) is 0.400. The molecule has 0 saturated carbocycles. The maximum absolute atomic E-state index is 11.3. The maximum Gasteiger partial charge on any atom is 0.371 e. The van der Waals surface area contributed by atoms with Crippen LogP contribution in [0, 0.1) is 0 Å². The van der Waals surface area contributed by atoms with Gasteiger partial charge in [0.15, 0.2) is 0 Å². The lowest BCUT2D eigenvalue weighted by Crippen LogP contribution is -2.59. The lowest BCUT2D eigenvalue weighted by Gasteiger charge is -2.39. The van der Waals surface area contributed by atoms with Gasteiger partial charge in [-0.25, -0.2) is 4.79 Å². The molecular weight excluding hydrogens is 308 g/mol. The third-order valence-corrected chi connectivity index (χ3v) is 3.40. The first-order valence-electron chi connectivity index (χ1n) is 6.91. The predicted octanol–water partition coefficient (Wildman–Crippen LogP) is -1.07. The molecule has 5 N–H and O–H groups in total. The number of rotatable bonds is 5. The second-order valence-electron chi connectivity index (χ2n) is 5.04. The summed E-state index contributed by atoms with van der Waals surface area (Å²) in [7, 11) is 0. The summed E-state index contributed by atoms with van der Waals surface area (Å²) in [5.41, 5.74) is 0.550. The Kier molecular flexibility index (Phi) is 5.69. The van der Waals surface area contributed by atoms with Crippen molar-refractivity contribution in [2.45, 2.75) is 30.7 Å². The second-order valence-corrected chi connectivity index (χ2v) is 5.04. The normalized spacial score (nSPS) is 31.7. The van der Waals surface area contributed by atoms with E-state index in [0.29, 0.717) is 5.56 Å². The monoisotopic (exact) mass is 326 g/mol. The Morgan fingerprint density at radius 1 is 1.13 bits per heavy atom. The Labute approximate surface area is 131 Å². The van der Waals surface area contributed by atoms with E-state index in [1.807, 2.05) is 0 Å². The van der Waals surface area contributed by atoms with E-state index in [1.165, 1.54) is 6.08 Å². The van der Waals surface area contributed by atoms with E-state index in [2.05, 4.69) is 0 Å². The van der Waals surface area contributed by atoms with Crippen LogP contribution in [-0.2, 0) is 14.3 Å². The summed E-state index contributed by atoms with van der Waals surface area (Å²) in [6, 6.07) is 8.48. The summed E-state index contributed by atoms with van der Waals surface area (Å²) in [5.74, 6) is -1.91. The molecule has 0 spiro atoms. The number of hydrogen-bond donors (Lipinski definition) is 5. The first-order valence-corrected chi connectivity index (χ1v) is 6.91. The highest BCUT2D eigenvalue weighted by atomic mass is 16.7. The van der Waals surface area contributed by atoms with Gasteiger partial charge in [0.2, 0.25) is 12.0 Å². The predicted molar refractivity (Wildman–Crippen MR) is 76.9 cm³/mol. The van der Waals surface area contributed by atoms with E-state index in [0.717, 1.165) is 0 Å². The molecule has 1 saturated heterocycles. The van der Waals surface area contributed by atoms with Gasteiger partial charge in [0, 0.05) is 0 Å². The Morgan fingerprint density at radius 2 is 1.78 bits per heavy atom. The Bertz CT molecular complexity index is 556. The van der Waals surface area contributed by atoms with Crippen molar-refractivity contribution < 1.29 is 39.8 Å². The number of carboxylic acid groups (broad SMARTS) is 1. The van der Waals surface area contributed by atoms with Gasteiger partial charge in [0.1, 0.15) is 24.4 Å². The molecule has 0 aliphatic carbocycles. The minimum absolute atomic E-state index is 0.513. The van der Waals surface area contributed by atoms with Gasteiger partial charge in [0.25, 0.3) is 0 Å². The number of ether oxygens (including phenoxy) is 2. The largest absolute Gasteiger partial charge is 0.475 e. The smallest absolute Gasteiger partial charge is 0.371 e. The first-order chi connectivity index (χ1) is 10.9. The number of aliphatic hydroxyl groups excluding tert-OH is 4. The van der Waals surface area contributed by atoms with Crippen LogP contribution in [0.5, 0.6) is 0 Å². The zero-order chi connectivity index (χ0) is 17.0. The number of aliphatic hydroxyl groups is 4. The van der Waals surface area contributed by atoms with Crippen molar-refractivity contribution in [3.63, 3.8) is 0 Å². The van der Waals surface area contributed by atoms with Gasteiger partial charge in [-0.2, -0.15) is 0 Å². The Morgan fingerprint density at radius 3 is 2.35 bits per heavy atom. The molecular formula is C15H18O8. The van der Waals surface area contributed by atoms with Crippen molar-refractivity contribution in [3.8, 4) is 0 Å². The van der Waals surface area contributed by atoms with E-state index in [1.54, 1.807) is 30.3 Å². The molecule has 0 bridgehead atoms. The third kappa shape index (κ3) is 4.06. The molecule has 8 heteroatoms. The van der Waals surface area contributed by atoms with Crippen molar-refractivity contribution >= 4 is 12.0 Å². The summed E-state index contributed by atoms with van der Waals surface area (Å²) in [4.78, 5) is 11.3. The van der Waals surface area contributed by atoms with Crippen molar-refractivity contribution in [1.82, 2.24) is 0 Å². The molecule has 2 rings (SSSR count). The van der Waals surface area contributed by atoms with Crippen LogP contribution >= 0.6 is 0 Å². The highest BCUT2D eigenvalue weighted by Crippen LogP contribution is 2.24. The molecule has 0 amide bonds. The Balaban J connectivity index is 2.19. The summed E-state index contributed by atoms with van der Waals surface area (Å²) in [6.07, 6.45) is -6.35. The summed E-state index contributed by atoms with van der Waals surface area (Å²) in [5, 5.41) is 47.5. The molecule has 1 fully saturated rings. The SMILES string of the molecule is O=C(O)/C(=C\c1ccccc1)OC1OC(CO)C(O)C(O)C1O. The Hall–Kier alpha value is -1.97. The maximum atomic E-state index is 11.3. The van der Waals surface area contributed by atoms with Gasteiger partial charge in [-0.1, -0.05) is 30.3 Å². The van der Waals surface area contributed by atoms with Crippen molar-refractivity contribution in [2.75, 3.05) is 6.61 Å². The molecule has 5 atom stereocenters. The highest BCUT2D eigenvalue weighted by molar-refractivity contribution is 5.89. The van der Waals surface area contributed by atoms with E-state index in [9.17, 15) is 25.2 Å². The molecule has 8 nitrogen and oxygen atoms in total. The zero-order valence-electron chi connectivity index (χ0n) is 12.0. The standard InChI is InChI=1S/C15H18O8/c16-7-10-11(17)12(18)13(19)15(23-10)22-9(14(20)21)6-8-4-2-1-3-5-8/h1-6,10-13,15-19H,7H2,(H,20,21)/b9-6+. The number of carboxylic acids is 1. The van der Waals surface area contributed by atoms with Crippen LogP contribution < -0.4 is 0 Å². The zero-order valence-corrected chi connectivity index (χ0v) is 12.0. The van der Waals surface area contributed by atoms with E-state index >= 15 is 0 Å². The minimum Gasteiger partial charge on any atom is -0.475 e. The molecule has 1 aliphatic rings. The topological polar surface area (TPSA) is 137 Å². The number of benzene rings is 1. The molecule has 1 aromatic rings. The molecule has 5 unspecified atom stereocenters. The van der Waals surface area contributed by atoms with Gasteiger partial charge >= 0.3 is 5.97 Å². The molecule has 1 aliphatic heterocycles. The molecule has 1 heterocycles. The van der Waals surface area contributed by atoms with Crippen LogP contribution in [0.2, 0.25) is 0 Å². The summed E-state index contributed by atoms with van der Waals surface area (Å²) < 4.78 is 10.2. The van der Waals surface area contributed by atoms with Gasteiger partial charge in [-0.05, 0) is 11.6 Å². The van der Waals surface area contributed by atoms with Crippen molar-refractivity contribution in [3.05, 3.63) is 41.7 Å². The highest BCUT2D eigenvalue weighted by Gasteiger charge is 2.45. The van der Waals surface area contributed by atoms with Gasteiger partial charge in [-0.3, -0.25) is 0 Å². The lowest BCUT2D eigenvalue weighted by molar-refractivity contribution is -0.291. The number of hydrogen-bond acceptors (Lipinski definition) is 7. The third-order valence-electron chi connectivity index (χ3n) is 3.40. The number of carbonyl (C=O) groups is 1. The van der Waals surface area contributed by atoms with Crippen LogP contribution in [0.3, 0.4) is 0 Å². The van der Waals surface area contributed by atoms with Crippen molar-refractivity contribution in [1.29, 1.82) is 0 Å². The quantitative estimate of drug-likeness (QED) is 0.341. The molecule has 0 aromatic heterocycles. The van der Waals surface area contributed by atoms with E-state index < -0.39 is 49.0 Å². The second kappa shape index (κ2) is 7.53. The van der Waals surface area contributed by atoms with Crippen molar-refractivity contribution in [2.24, 2.45) is 0 Å². The van der Waals surface area contributed by atoms with Crippen LogP contribution in [0.25, 0.3) is 6.08 Å². The minimum atomic E-state index is -1.67. The van der Waals surface area contributed by atoms with Gasteiger partial charge in [0.05, 0.1) is 6.61 Å². The van der Waals surface area contributed by atoms with Gasteiger partial charge in [-0.15, -0.1) is 0 Å². The summed E-state index contributed by atoms with van der Waals surface area (Å²) >= 11 is 0. The molecule has 0 radical (unpaired) electrons. The van der Waals surface area contributed by atoms with E-state index in [-0.39, 0.29) is 0 Å². The molecule has 126 valence electrons. The molecule has 23 heavy (non-hydrogen) atoms. The van der Waals surface area contributed by atoms with Crippen LogP contribution in [0.15, 0.2) is 36.1 Å².